The van der Waals surface area contributed by atoms with Crippen molar-refractivity contribution in [1.29, 1.82) is 0 Å². The first-order valence-corrected chi connectivity index (χ1v) is 9.83. The molecule has 1 aliphatic rings. The molecule has 2 N–H and O–H groups in total. The second-order valence-electron chi connectivity index (χ2n) is 7.35. The second-order valence-corrected chi connectivity index (χ2v) is 7.35. The Bertz CT molecular complexity index is 808. The van der Waals surface area contributed by atoms with Crippen LogP contribution in [0.5, 0.6) is 0 Å². The number of carbonyl (C=O) groups is 2. The van der Waals surface area contributed by atoms with E-state index in [1.807, 2.05) is 55.5 Å². The van der Waals surface area contributed by atoms with E-state index in [0.717, 1.165) is 54.6 Å². The van der Waals surface area contributed by atoms with Crippen LogP contribution in [0.2, 0.25) is 0 Å². The van der Waals surface area contributed by atoms with Crippen molar-refractivity contribution in [2.45, 2.75) is 46.0 Å². The molecule has 0 saturated heterocycles. The topological polar surface area (TPSA) is 58.2 Å². The van der Waals surface area contributed by atoms with Gasteiger partial charge in [-0.05, 0) is 62.3 Å². The van der Waals surface area contributed by atoms with E-state index < -0.39 is 0 Å². The quantitative estimate of drug-likeness (QED) is 0.789. The summed E-state index contributed by atoms with van der Waals surface area (Å²) in [5.74, 6) is 0.113. The average molecular weight is 364 g/mol. The van der Waals surface area contributed by atoms with E-state index in [1.54, 1.807) is 0 Å². The normalized spacial score (nSPS) is 19.3. The first-order chi connectivity index (χ1) is 13.1. The van der Waals surface area contributed by atoms with Gasteiger partial charge in [0.1, 0.15) is 0 Å². The fourth-order valence-corrected chi connectivity index (χ4v) is 3.75. The van der Waals surface area contributed by atoms with Crippen LogP contribution >= 0.6 is 0 Å². The van der Waals surface area contributed by atoms with E-state index in [-0.39, 0.29) is 23.7 Å². The van der Waals surface area contributed by atoms with Gasteiger partial charge in [-0.25, -0.2) is 0 Å². The zero-order valence-electron chi connectivity index (χ0n) is 16.1. The Kier molecular flexibility index (Phi) is 6.28. The highest BCUT2D eigenvalue weighted by molar-refractivity contribution is 5.95. The Labute approximate surface area is 161 Å². The van der Waals surface area contributed by atoms with Gasteiger partial charge in [0, 0.05) is 23.2 Å². The molecule has 4 nitrogen and oxygen atoms in total. The van der Waals surface area contributed by atoms with Crippen molar-refractivity contribution in [3.05, 3.63) is 59.7 Å². The summed E-state index contributed by atoms with van der Waals surface area (Å²) >= 11 is 0. The number of para-hydroxylation sites is 2. The van der Waals surface area contributed by atoms with Crippen molar-refractivity contribution in [3.63, 3.8) is 0 Å². The smallest absolute Gasteiger partial charge is 0.227 e. The predicted octanol–water partition coefficient (Wildman–Crippen LogP) is 4.94. The van der Waals surface area contributed by atoms with Crippen molar-refractivity contribution in [2.24, 2.45) is 11.8 Å². The number of hydrogen-bond donors (Lipinski definition) is 2. The molecule has 4 heteroatoms. The third-order valence-electron chi connectivity index (χ3n) is 5.53. The molecule has 0 aromatic heterocycles. The summed E-state index contributed by atoms with van der Waals surface area (Å²) in [6, 6.07) is 15.8. The number of nitrogens with one attached hydrogen (secondary N) is 2. The molecule has 0 spiro atoms. The molecule has 0 radical (unpaired) electrons. The number of amides is 2. The van der Waals surface area contributed by atoms with Gasteiger partial charge in [0.15, 0.2) is 0 Å². The zero-order chi connectivity index (χ0) is 19.2. The van der Waals surface area contributed by atoms with Crippen LogP contribution < -0.4 is 10.6 Å². The van der Waals surface area contributed by atoms with Crippen LogP contribution in [0.4, 0.5) is 11.4 Å². The lowest BCUT2D eigenvalue weighted by molar-refractivity contribution is -0.125. The standard InChI is InChI=1S/C23H28N2O2/c1-3-17-9-5-7-11-21(17)25-23(27)19-14-12-18(13-15-19)22(26)24-20-10-6-4-8-16(20)2/h4-11,18-19H,3,12-15H2,1-2H3,(H,24,26)(H,25,27). The number of hydrogen-bond acceptors (Lipinski definition) is 2. The van der Waals surface area contributed by atoms with Crippen LogP contribution in [-0.4, -0.2) is 11.8 Å². The average Bonchev–Trinajstić information content (AvgIpc) is 2.70. The summed E-state index contributed by atoms with van der Waals surface area (Å²) in [5.41, 5.74) is 3.99. The minimum Gasteiger partial charge on any atom is -0.326 e. The molecule has 2 amide bonds. The molecular formula is C23H28N2O2. The molecule has 1 aliphatic carbocycles. The van der Waals surface area contributed by atoms with Crippen LogP contribution in [0.1, 0.15) is 43.7 Å². The Morgan fingerprint density at radius 2 is 1.30 bits per heavy atom. The van der Waals surface area contributed by atoms with Crippen LogP contribution in [0.25, 0.3) is 0 Å². The number of aryl methyl sites for hydroxylation is 2. The maximum atomic E-state index is 12.6. The molecular weight excluding hydrogens is 336 g/mol. The van der Waals surface area contributed by atoms with Gasteiger partial charge in [-0.2, -0.15) is 0 Å². The monoisotopic (exact) mass is 364 g/mol. The van der Waals surface area contributed by atoms with Gasteiger partial charge in [-0.1, -0.05) is 43.3 Å². The van der Waals surface area contributed by atoms with E-state index in [4.69, 9.17) is 0 Å². The zero-order valence-corrected chi connectivity index (χ0v) is 16.1. The highest BCUT2D eigenvalue weighted by Gasteiger charge is 2.30. The Hall–Kier alpha value is -2.62. The van der Waals surface area contributed by atoms with Gasteiger partial charge >= 0.3 is 0 Å². The number of carbonyl (C=O) groups excluding carboxylic acids is 2. The highest BCUT2D eigenvalue weighted by Crippen LogP contribution is 2.31. The summed E-state index contributed by atoms with van der Waals surface area (Å²) in [4.78, 5) is 25.2. The van der Waals surface area contributed by atoms with E-state index in [2.05, 4.69) is 17.6 Å². The molecule has 0 heterocycles. The first-order valence-electron chi connectivity index (χ1n) is 9.83. The Morgan fingerprint density at radius 3 is 1.85 bits per heavy atom. The molecule has 0 atom stereocenters. The molecule has 1 saturated carbocycles. The van der Waals surface area contributed by atoms with Gasteiger partial charge in [0.2, 0.25) is 11.8 Å². The maximum Gasteiger partial charge on any atom is 0.227 e. The van der Waals surface area contributed by atoms with Crippen molar-refractivity contribution in [2.75, 3.05) is 10.6 Å². The van der Waals surface area contributed by atoms with Gasteiger partial charge in [0.05, 0.1) is 0 Å². The summed E-state index contributed by atoms with van der Waals surface area (Å²) in [6.45, 7) is 4.08. The maximum absolute atomic E-state index is 12.6. The Morgan fingerprint density at radius 1 is 0.815 bits per heavy atom. The van der Waals surface area contributed by atoms with Crippen molar-refractivity contribution in [1.82, 2.24) is 0 Å². The fourth-order valence-electron chi connectivity index (χ4n) is 3.75. The van der Waals surface area contributed by atoms with Gasteiger partial charge in [-0.15, -0.1) is 0 Å². The molecule has 3 rings (SSSR count). The molecule has 0 aliphatic heterocycles. The van der Waals surface area contributed by atoms with Crippen molar-refractivity contribution >= 4 is 23.2 Å². The SMILES string of the molecule is CCc1ccccc1NC(=O)C1CCC(C(=O)Nc2ccccc2C)CC1. The molecule has 2 aromatic rings. The lowest BCUT2D eigenvalue weighted by atomic mass is 9.81. The van der Waals surface area contributed by atoms with Gasteiger partial charge in [0.25, 0.3) is 0 Å². The lowest BCUT2D eigenvalue weighted by Crippen LogP contribution is -2.32. The van der Waals surface area contributed by atoms with E-state index in [0.29, 0.717) is 0 Å². The molecule has 27 heavy (non-hydrogen) atoms. The fraction of sp³-hybridized carbons (Fsp3) is 0.391. The predicted molar refractivity (Wildman–Crippen MR) is 110 cm³/mol. The summed E-state index contributed by atoms with van der Waals surface area (Å²) in [6.07, 6.45) is 3.91. The van der Waals surface area contributed by atoms with E-state index >= 15 is 0 Å². The molecule has 2 aromatic carbocycles. The van der Waals surface area contributed by atoms with Crippen LogP contribution in [-0.2, 0) is 16.0 Å². The number of rotatable bonds is 5. The van der Waals surface area contributed by atoms with Gasteiger partial charge < -0.3 is 10.6 Å². The van der Waals surface area contributed by atoms with Crippen molar-refractivity contribution < 1.29 is 9.59 Å². The number of anilines is 2. The van der Waals surface area contributed by atoms with Crippen LogP contribution in [0.15, 0.2) is 48.5 Å². The first kappa shape index (κ1) is 19.2. The highest BCUT2D eigenvalue weighted by atomic mass is 16.2. The third kappa shape index (κ3) is 4.76. The van der Waals surface area contributed by atoms with Crippen LogP contribution in [0.3, 0.4) is 0 Å². The van der Waals surface area contributed by atoms with Gasteiger partial charge in [-0.3, -0.25) is 9.59 Å². The largest absolute Gasteiger partial charge is 0.326 e. The van der Waals surface area contributed by atoms with Crippen molar-refractivity contribution in [3.8, 4) is 0 Å². The molecule has 0 bridgehead atoms. The lowest BCUT2D eigenvalue weighted by Gasteiger charge is -2.27. The molecule has 142 valence electrons. The van der Waals surface area contributed by atoms with E-state index in [9.17, 15) is 9.59 Å². The summed E-state index contributed by atoms with van der Waals surface area (Å²) < 4.78 is 0. The summed E-state index contributed by atoms with van der Waals surface area (Å²) in [7, 11) is 0. The molecule has 0 unspecified atom stereocenters. The Balaban J connectivity index is 1.53. The number of benzene rings is 2. The molecule has 1 fully saturated rings. The third-order valence-corrected chi connectivity index (χ3v) is 5.53. The second kappa shape index (κ2) is 8.85. The van der Waals surface area contributed by atoms with E-state index in [1.165, 1.54) is 0 Å². The minimum absolute atomic E-state index is 0.0163. The summed E-state index contributed by atoms with van der Waals surface area (Å²) in [5, 5.41) is 6.12. The minimum atomic E-state index is -0.0171. The van der Waals surface area contributed by atoms with Crippen LogP contribution in [0, 0.1) is 18.8 Å².